The van der Waals surface area contributed by atoms with Crippen molar-refractivity contribution in [1.29, 1.82) is 5.26 Å². The van der Waals surface area contributed by atoms with Gasteiger partial charge in [0.1, 0.15) is 12.8 Å². The van der Waals surface area contributed by atoms with Gasteiger partial charge in [-0.2, -0.15) is 10.4 Å². The lowest BCUT2D eigenvalue weighted by atomic mass is 10.1. The summed E-state index contributed by atoms with van der Waals surface area (Å²) in [7, 11) is -1.14. The lowest BCUT2D eigenvalue weighted by Gasteiger charge is -2.15. The van der Waals surface area contributed by atoms with Gasteiger partial charge in [-0.15, -0.1) is 0 Å². The van der Waals surface area contributed by atoms with Gasteiger partial charge in [-0.05, 0) is 18.2 Å². The summed E-state index contributed by atoms with van der Waals surface area (Å²) in [4.78, 5) is 11.5. The highest BCUT2D eigenvalue weighted by Gasteiger charge is 2.17. The van der Waals surface area contributed by atoms with E-state index >= 15 is 0 Å². The number of nitrogens with zero attached hydrogens (tertiary/aromatic N) is 3. The van der Waals surface area contributed by atoms with Crippen molar-refractivity contribution in [2.45, 2.75) is 32.4 Å². The van der Waals surface area contributed by atoms with Crippen LogP contribution in [0.15, 0.2) is 18.2 Å². The fourth-order valence-electron chi connectivity index (χ4n) is 2.14. The topological polar surface area (TPSA) is 93.9 Å². The van der Waals surface area contributed by atoms with E-state index < -0.39 is 14.0 Å². The zero-order valence-electron chi connectivity index (χ0n) is 13.1. The summed E-state index contributed by atoms with van der Waals surface area (Å²) in [6, 6.07) is 8.20. The van der Waals surface area contributed by atoms with Crippen molar-refractivity contribution in [2.75, 3.05) is 6.61 Å². The van der Waals surface area contributed by atoms with Crippen LogP contribution in [-0.4, -0.2) is 30.4 Å². The summed E-state index contributed by atoms with van der Waals surface area (Å²) in [6.07, 6.45) is 0. The summed E-state index contributed by atoms with van der Waals surface area (Å²) in [5, 5.41) is 13.9. The van der Waals surface area contributed by atoms with E-state index in [1.54, 1.807) is 22.9 Å². The number of benzene rings is 1. The molecule has 2 rings (SSSR count). The second kappa shape index (κ2) is 6.30. The van der Waals surface area contributed by atoms with E-state index in [9.17, 15) is 10.1 Å². The molecule has 116 valence electrons. The van der Waals surface area contributed by atoms with E-state index in [1.807, 2.05) is 6.07 Å². The number of hydrogen-bond donors (Lipinski definition) is 1. The summed E-state index contributed by atoms with van der Waals surface area (Å²) in [5.74, 6) is -0.568. The third-order valence-electron chi connectivity index (χ3n) is 3.36. The van der Waals surface area contributed by atoms with E-state index in [-0.39, 0.29) is 12.4 Å². The number of aromatic nitrogens is 2. The number of hydrogen-bond acceptors (Lipinski definition) is 4. The maximum absolute atomic E-state index is 11.5. The molecule has 1 heterocycles. The highest BCUT2D eigenvalue weighted by atomic mass is 28.3. The summed E-state index contributed by atoms with van der Waals surface area (Å²) >= 11 is 0. The minimum atomic E-state index is -1.14. The number of carbonyl (C=O) groups excluding carboxylic acids is 1. The van der Waals surface area contributed by atoms with E-state index in [0.717, 1.165) is 6.04 Å². The van der Waals surface area contributed by atoms with Crippen molar-refractivity contribution in [3.63, 3.8) is 0 Å². The minimum Gasteiger partial charge on any atom is -0.366 e. The minimum absolute atomic E-state index is 0.193. The Labute approximate surface area is 130 Å². The normalized spacial score (nSPS) is 11.5. The first-order valence-electron chi connectivity index (χ1n) is 7.10. The van der Waals surface area contributed by atoms with E-state index in [4.69, 9.17) is 10.5 Å². The Morgan fingerprint density at radius 2 is 2.18 bits per heavy atom. The van der Waals surface area contributed by atoms with Crippen molar-refractivity contribution in [1.82, 2.24) is 9.78 Å². The smallest absolute Gasteiger partial charge is 0.249 e. The second-order valence-corrected chi connectivity index (χ2v) is 12.0. The van der Waals surface area contributed by atoms with Gasteiger partial charge >= 0.3 is 0 Å². The molecule has 0 spiro atoms. The Balaban J connectivity index is 2.27. The fraction of sp³-hybridized carbons (Fsp3) is 0.400. The first-order valence-corrected chi connectivity index (χ1v) is 10.8. The molecule has 1 aromatic heterocycles. The number of carbonyl (C=O) groups is 1. The van der Waals surface area contributed by atoms with E-state index in [0.29, 0.717) is 23.1 Å². The average molecular weight is 316 g/mol. The molecule has 0 aliphatic rings. The van der Waals surface area contributed by atoms with Crippen molar-refractivity contribution < 1.29 is 9.53 Å². The summed E-state index contributed by atoms with van der Waals surface area (Å²) < 4.78 is 7.27. The number of ether oxygens (including phenoxy) is 1. The van der Waals surface area contributed by atoms with Gasteiger partial charge in [0.15, 0.2) is 5.69 Å². The Kier molecular flexibility index (Phi) is 4.64. The van der Waals surface area contributed by atoms with Crippen LogP contribution in [0.1, 0.15) is 16.1 Å². The number of nitrogens with two attached hydrogens (primary N) is 1. The molecular weight excluding hydrogens is 296 g/mol. The molecule has 0 saturated heterocycles. The molecule has 0 atom stereocenters. The van der Waals surface area contributed by atoms with Crippen molar-refractivity contribution in [3.8, 4) is 6.07 Å². The maximum atomic E-state index is 11.5. The van der Waals surface area contributed by atoms with Crippen LogP contribution in [0, 0.1) is 11.3 Å². The molecule has 2 aromatic rings. The third-order valence-corrected chi connectivity index (χ3v) is 5.06. The van der Waals surface area contributed by atoms with Gasteiger partial charge in [-0.1, -0.05) is 25.7 Å². The first-order chi connectivity index (χ1) is 10.3. The second-order valence-electron chi connectivity index (χ2n) is 6.37. The molecule has 0 unspecified atom stereocenters. The number of primary amides is 1. The molecule has 0 bridgehead atoms. The maximum Gasteiger partial charge on any atom is 0.249 e. The summed E-state index contributed by atoms with van der Waals surface area (Å²) in [6.45, 7) is 7.77. The Bertz CT molecular complexity index is 740. The largest absolute Gasteiger partial charge is 0.366 e. The standard InChI is InChI=1S/C15H20N4O2Si/c1-22(2,3)8-7-21-10-19-13-6-4-5-11(15(17)20)14(13)12(9-16)18-19/h4-6H,7-8,10H2,1-3H3,(H2,17,20). The number of rotatable bonds is 6. The van der Waals surface area contributed by atoms with Crippen LogP contribution < -0.4 is 5.73 Å². The van der Waals surface area contributed by atoms with Gasteiger partial charge in [0.2, 0.25) is 5.91 Å². The molecule has 1 amide bonds. The van der Waals surface area contributed by atoms with Gasteiger partial charge in [0, 0.05) is 14.7 Å². The zero-order chi connectivity index (χ0) is 16.3. The Morgan fingerprint density at radius 1 is 1.45 bits per heavy atom. The number of nitriles is 1. The fourth-order valence-corrected chi connectivity index (χ4v) is 2.90. The van der Waals surface area contributed by atoms with Crippen molar-refractivity contribution >= 4 is 24.9 Å². The molecule has 0 aliphatic carbocycles. The monoisotopic (exact) mass is 316 g/mol. The van der Waals surface area contributed by atoms with Gasteiger partial charge in [-0.25, -0.2) is 4.68 Å². The van der Waals surface area contributed by atoms with Gasteiger partial charge in [0.05, 0.1) is 16.5 Å². The molecule has 0 fully saturated rings. The number of amides is 1. The van der Waals surface area contributed by atoms with Crippen molar-refractivity contribution in [2.24, 2.45) is 5.73 Å². The van der Waals surface area contributed by atoms with Crippen LogP contribution in [-0.2, 0) is 11.5 Å². The number of fused-ring (bicyclic) bond motifs is 1. The predicted octanol–water partition coefficient (Wildman–Crippen LogP) is 2.32. The molecule has 22 heavy (non-hydrogen) atoms. The van der Waals surface area contributed by atoms with E-state index in [2.05, 4.69) is 24.7 Å². The molecule has 7 heteroatoms. The van der Waals surface area contributed by atoms with Crippen LogP contribution >= 0.6 is 0 Å². The van der Waals surface area contributed by atoms with Crippen LogP contribution in [0.3, 0.4) is 0 Å². The van der Waals surface area contributed by atoms with Crippen LogP contribution in [0.5, 0.6) is 0 Å². The van der Waals surface area contributed by atoms with E-state index in [1.165, 1.54) is 0 Å². The quantitative estimate of drug-likeness (QED) is 0.653. The highest BCUT2D eigenvalue weighted by molar-refractivity contribution is 6.76. The van der Waals surface area contributed by atoms with Crippen LogP contribution in [0.25, 0.3) is 10.9 Å². The van der Waals surface area contributed by atoms with Gasteiger partial charge in [0.25, 0.3) is 0 Å². The predicted molar refractivity (Wildman–Crippen MR) is 87.1 cm³/mol. The lowest BCUT2D eigenvalue weighted by molar-refractivity contribution is 0.0816. The SMILES string of the molecule is C[Si](C)(C)CCOCn1nc(C#N)c2c(C(N)=O)cccc21. The lowest BCUT2D eigenvalue weighted by Crippen LogP contribution is -2.22. The molecule has 0 radical (unpaired) electrons. The average Bonchev–Trinajstić information content (AvgIpc) is 2.80. The molecule has 2 N–H and O–H groups in total. The summed E-state index contributed by atoms with van der Waals surface area (Å²) in [5.41, 5.74) is 6.55. The van der Waals surface area contributed by atoms with Gasteiger partial charge in [-0.3, -0.25) is 4.79 Å². The van der Waals surface area contributed by atoms with Crippen LogP contribution in [0.2, 0.25) is 25.7 Å². The molecule has 6 nitrogen and oxygen atoms in total. The molecule has 0 aliphatic heterocycles. The molecule has 1 aromatic carbocycles. The molecular formula is C15H20N4O2Si. The Hall–Kier alpha value is -2.17. The third kappa shape index (κ3) is 3.53. The first kappa shape index (κ1) is 16.2. The highest BCUT2D eigenvalue weighted by Crippen LogP contribution is 2.22. The zero-order valence-corrected chi connectivity index (χ0v) is 14.1. The van der Waals surface area contributed by atoms with Crippen LogP contribution in [0.4, 0.5) is 0 Å². The van der Waals surface area contributed by atoms with Gasteiger partial charge < -0.3 is 10.5 Å². The molecule has 0 saturated carbocycles. The van der Waals surface area contributed by atoms with Crippen molar-refractivity contribution in [3.05, 3.63) is 29.5 Å². The Morgan fingerprint density at radius 3 is 2.77 bits per heavy atom.